The Bertz CT molecular complexity index is 1840. The van der Waals surface area contributed by atoms with Gasteiger partial charge in [0.05, 0.1) is 4.90 Å². The number of benzene rings is 4. The van der Waals surface area contributed by atoms with Crippen LogP contribution in [-0.2, 0) is 10.0 Å². The van der Waals surface area contributed by atoms with E-state index in [1.807, 2.05) is 0 Å². The first kappa shape index (κ1) is 36.1. The van der Waals surface area contributed by atoms with E-state index in [2.05, 4.69) is 16.0 Å². The number of carbonyl (C=O) groups excluding carboxylic acids is 1. The summed E-state index contributed by atoms with van der Waals surface area (Å²) in [5.41, 5.74) is 2.90. The smallest absolute Gasteiger partial charge is 0.255 e. The first-order valence-corrected chi connectivity index (χ1v) is 16.1. The summed E-state index contributed by atoms with van der Waals surface area (Å²) in [6, 6.07) is 19.8. The molecule has 2 aliphatic rings. The second-order valence-corrected chi connectivity index (χ2v) is 12.6. The van der Waals surface area contributed by atoms with Crippen molar-refractivity contribution in [1.29, 1.82) is 0 Å². The summed E-state index contributed by atoms with van der Waals surface area (Å²) >= 11 is 0. The molecule has 6 rings (SSSR count). The van der Waals surface area contributed by atoms with E-state index in [1.54, 1.807) is 48.5 Å². The highest BCUT2D eigenvalue weighted by Crippen LogP contribution is 2.36. The molecular weight excluding hydrogens is 673 g/mol. The van der Waals surface area contributed by atoms with Crippen LogP contribution in [0.2, 0.25) is 0 Å². The predicted molar refractivity (Wildman–Crippen MR) is 181 cm³/mol. The van der Waals surface area contributed by atoms with Gasteiger partial charge in [0, 0.05) is 35.5 Å². The molecule has 0 bridgehead atoms. The summed E-state index contributed by atoms with van der Waals surface area (Å²) in [5.74, 6) is -1.37. The van der Waals surface area contributed by atoms with Crippen LogP contribution in [0.1, 0.15) is 23.2 Å². The largest absolute Gasteiger partial charge is 0.488 e. The molecule has 1 amide bonds. The van der Waals surface area contributed by atoms with Crippen molar-refractivity contribution in [2.75, 3.05) is 31.5 Å². The average molecular weight is 708 g/mol. The quantitative estimate of drug-likeness (QED) is 0.180. The lowest BCUT2D eigenvalue weighted by Gasteiger charge is -2.19. The van der Waals surface area contributed by atoms with Gasteiger partial charge in [0.25, 0.3) is 5.91 Å². The normalized spacial score (nSPS) is 17.3. The van der Waals surface area contributed by atoms with E-state index in [-0.39, 0.29) is 47.5 Å². The maximum absolute atomic E-state index is 14.2. The highest BCUT2D eigenvalue weighted by Gasteiger charge is 2.22. The topological polar surface area (TPSA) is 132 Å². The van der Waals surface area contributed by atoms with Gasteiger partial charge in [-0.25, -0.2) is 22.3 Å². The molecule has 0 spiro atoms. The molecule has 5 N–H and O–H groups in total. The lowest BCUT2D eigenvalue weighted by Crippen LogP contribution is -2.20. The van der Waals surface area contributed by atoms with Crippen LogP contribution in [0.15, 0.2) is 83.8 Å². The molecule has 2 aliphatic heterocycles. The van der Waals surface area contributed by atoms with E-state index in [1.165, 1.54) is 18.2 Å². The van der Waals surface area contributed by atoms with Crippen molar-refractivity contribution < 1.29 is 31.5 Å². The van der Waals surface area contributed by atoms with Crippen LogP contribution >= 0.6 is 24.8 Å². The Morgan fingerprint density at radius 2 is 1.32 bits per heavy atom. The molecule has 2 fully saturated rings. The fraction of sp³-hybridized carbons (Fsp3) is 0.242. The standard InChI is InChI=1S/C33H32F2N4O5S.2ClH/c34-29-8-3-21(16-30(29)35)27-15-22(4-9-31(27)43-24-11-13-37-18-24)33(40)39-23-5-10-32(44-25-12-14-38-19-25)28(17-23)20-1-6-26(7-2-20)45(36,41)42;;/h1-10,15-17,24-25,37-38H,11-14,18-19H2,(H,39,40)(H2,36,41,42);2*1H/t24-,25-;;/m0../s1. The van der Waals surface area contributed by atoms with Crippen molar-refractivity contribution in [1.82, 2.24) is 10.6 Å². The molecule has 4 aromatic carbocycles. The number of ether oxygens (including phenoxy) is 2. The number of hydrogen-bond donors (Lipinski definition) is 4. The fourth-order valence-corrected chi connectivity index (χ4v) is 5.96. The minimum atomic E-state index is -3.87. The molecule has 47 heavy (non-hydrogen) atoms. The second kappa shape index (κ2) is 15.4. The molecule has 250 valence electrons. The number of nitrogens with one attached hydrogen (secondary N) is 3. The van der Waals surface area contributed by atoms with Gasteiger partial charge < -0.3 is 25.4 Å². The van der Waals surface area contributed by atoms with Crippen molar-refractivity contribution in [3.63, 3.8) is 0 Å². The Labute approximate surface area is 284 Å². The highest BCUT2D eigenvalue weighted by molar-refractivity contribution is 7.89. The van der Waals surface area contributed by atoms with Crippen molar-refractivity contribution in [3.05, 3.63) is 96.1 Å². The van der Waals surface area contributed by atoms with Crippen LogP contribution in [0.4, 0.5) is 14.5 Å². The third-order valence-corrected chi connectivity index (χ3v) is 8.75. The zero-order chi connectivity index (χ0) is 31.6. The van der Waals surface area contributed by atoms with E-state index in [0.717, 1.165) is 38.1 Å². The van der Waals surface area contributed by atoms with Gasteiger partial charge in [0.15, 0.2) is 11.6 Å². The van der Waals surface area contributed by atoms with Crippen molar-refractivity contribution >= 4 is 46.4 Å². The summed E-state index contributed by atoms with van der Waals surface area (Å²) in [5, 5.41) is 14.7. The highest BCUT2D eigenvalue weighted by atomic mass is 35.5. The monoisotopic (exact) mass is 706 g/mol. The van der Waals surface area contributed by atoms with Crippen LogP contribution in [0.5, 0.6) is 11.5 Å². The van der Waals surface area contributed by atoms with E-state index >= 15 is 0 Å². The number of hydrogen-bond acceptors (Lipinski definition) is 7. The maximum Gasteiger partial charge on any atom is 0.255 e. The summed E-state index contributed by atoms with van der Waals surface area (Å²) in [6.07, 6.45) is 1.50. The molecular formula is C33H34Cl2F2N4O5S. The van der Waals surface area contributed by atoms with Gasteiger partial charge in [-0.3, -0.25) is 4.79 Å². The minimum Gasteiger partial charge on any atom is -0.488 e. The Balaban J connectivity index is 0.00000250. The Kier molecular flexibility index (Phi) is 11.8. The molecule has 4 aromatic rings. The summed E-state index contributed by atoms with van der Waals surface area (Å²) in [4.78, 5) is 13.5. The van der Waals surface area contributed by atoms with Crippen molar-refractivity contribution in [2.24, 2.45) is 5.14 Å². The van der Waals surface area contributed by atoms with Crippen LogP contribution in [0, 0.1) is 11.6 Å². The summed E-state index contributed by atoms with van der Waals surface area (Å²) in [6.45, 7) is 3.00. The van der Waals surface area contributed by atoms with Gasteiger partial charge in [0.2, 0.25) is 10.0 Å². The second-order valence-electron chi connectivity index (χ2n) is 11.0. The zero-order valence-corrected chi connectivity index (χ0v) is 27.5. The van der Waals surface area contributed by atoms with Crippen LogP contribution in [0.25, 0.3) is 22.3 Å². The van der Waals surface area contributed by atoms with E-state index in [4.69, 9.17) is 14.6 Å². The Hall–Kier alpha value is -3.78. The number of nitrogens with two attached hydrogens (primary N) is 1. The van der Waals surface area contributed by atoms with Crippen LogP contribution < -0.4 is 30.6 Å². The summed E-state index contributed by atoms with van der Waals surface area (Å²) in [7, 11) is -3.87. The number of sulfonamides is 1. The average Bonchev–Trinajstić information content (AvgIpc) is 3.74. The fourth-order valence-electron chi connectivity index (χ4n) is 5.44. The molecule has 2 heterocycles. The number of amides is 1. The third-order valence-electron chi connectivity index (χ3n) is 7.82. The number of rotatable bonds is 9. The molecule has 2 atom stereocenters. The third kappa shape index (κ3) is 8.58. The Morgan fingerprint density at radius 1 is 0.745 bits per heavy atom. The maximum atomic E-state index is 14.2. The molecule has 0 aliphatic carbocycles. The van der Waals surface area contributed by atoms with Gasteiger partial charge in [-0.2, -0.15) is 0 Å². The van der Waals surface area contributed by atoms with Crippen LogP contribution in [0.3, 0.4) is 0 Å². The minimum absolute atomic E-state index is 0. The van der Waals surface area contributed by atoms with Gasteiger partial charge in [0.1, 0.15) is 23.7 Å². The lowest BCUT2D eigenvalue weighted by molar-refractivity contribution is 0.102. The summed E-state index contributed by atoms with van der Waals surface area (Å²) < 4.78 is 64.0. The predicted octanol–water partition coefficient (Wildman–Crippen LogP) is 5.52. The molecule has 0 radical (unpaired) electrons. The molecule has 0 unspecified atom stereocenters. The number of carbonyl (C=O) groups is 1. The first-order chi connectivity index (χ1) is 21.6. The van der Waals surface area contributed by atoms with E-state index in [9.17, 15) is 22.0 Å². The van der Waals surface area contributed by atoms with Gasteiger partial charge in [-0.15, -0.1) is 24.8 Å². The number of anilines is 1. The number of primary sulfonamides is 1. The first-order valence-electron chi connectivity index (χ1n) is 14.6. The van der Waals surface area contributed by atoms with E-state index in [0.29, 0.717) is 52.5 Å². The molecule has 2 saturated heterocycles. The van der Waals surface area contributed by atoms with Crippen molar-refractivity contribution in [3.8, 4) is 33.8 Å². The Morgan fingerprint density at radius 3 is 1.87 bits per heavy atom. The van der Waals surface area contributed by atoms with Crippen molar-refractivity contribution in [2.45, 2.75) is 29.9 Å². The molecule has 0 saturated carbocycles. The van der Waals surface area contributed by atoms with Crippen LogP contribution in [-0.4, -0.2) is 52.7 Å². The van der Waals surface area contributed by atoms with Gasteiger partial charge in [-0.05, 0) is 97.7 Å². The SMILES string of the molecule is Cl.Cl.NS(=O)(=O)c1ccc(-c2cc(NC(=O)c3ccc(O[C@H]4CCNC4)c(-c4ccc(F)c(F)c4)c3)ccc2O[C@H]2CCNC2)cc1. The molecule has 0 aromatic heterocycles. The molecule has 14 heteroatoms. The molecule has 9 nitrogen and oxygen atoms in total. The van der Waals surface area contributed by atoms with Gasteiger partial charge in [-0.1, -0.05) is 18.2 Å². The zero-order valence-electron chi connectivity index (χ0n) is 25.0. The lowest BCUT2D eigenvalue weighted by atomic mass is 10.0. The van der Waals surface area contributed by atoms with E-state index < -0.39 is 27.6 Å². The van der Waals surface area contributed by atoms with Gasteiger partial charge >= 0.3 is 0 Å². The number of halogens is 4.